The SMILES string of the molecule is CC[C@@H](NC(=O)C(C)(C)C)C(=O)O. The zero-order valence-corrected chi connectivity index (χ0v) is 8.55. The largest absolute Gasteiger partial charge is 0.480 e. The van der Waals surface area contributed by atoms with Gasteiger partial charge in [0.1, 0.15) is 6.04 Å². The average Bonchev–Trinajstić information content (AvgIpc) is 1.96. The lowest BCUT2D eigenvalue weighted by Crippen LogP contribution is -2.45. The summed E-state index contributed by atoms with van der Waals surface area (Å²) in [6.07, 6.45) is 0.400. The molecule has 1 amide bonds. The van der Waals surface area contributed by atoms with Crippen molar-refractivity contribution in [1.29, 1.82) is 0 Å². The fraction of sp³-hybridized carbons (Fsp3) is 0.778. The first kappa shape index (κ1) is 11.9. The van der Waals surface area contributed by atoms with Crippen LogP contribution in [-0.4, -0.2) is 23.0 Å². The molecule has 0 aliphatic carbocycles. The number of carboxylic acid groups (broad SMARTS) is 1. The number of aliphatic carboxylic acids is 1. The van der Waals surface area contributed by atoms with E-state index in [2.05, 4.69) is 5.32 Å². The van der Waals surface area contributed by atoms with Crippen LogP contribution in [0.2, 0.25) is 0 Å². The number of hydrogen-bond donors (Lipinski definition) is 2. The van der Waals surface area contributed by atoms with Gasteiger partial charge >= 0.3 is 5.97 Å². The van der Waals surface area contributed by atoms with Crippen molar-refractivity contribution in [2.45, 2.75) is 40.2 Å². The molecule has 4 nitrogen and oxygen atoms in total. The fourth-order valence-corrected chi connectivity index (χ4v) is 0.713. The van der Waals surface area contributed by atoms with Crippen molar-refractivity contribution in [3.63, 3.8) is 0 Å². The number of nitrogens with one attached hydrogen (secondary N) is 1. The molecule has 0 aromatic rings. The van der Waals surface area contributed by atoms with E-state index in [4.69, 9.17) is 5.11 Å². The van der Waals surface area contributed by atoms with E-state index in [0.29, 0.717) is 6.42 Å². The zero-order valence-electron chi connectivity index (χ0n) is 8.55. The quantitative estimate of drug-likeness (QED) is 0.693. The highest BCUT2D eigenvalue weighted by atomic mass is 16.4. The lowest BCUT2D eigenvalue weighted by atomic mass is 9.95. The van der Waals surface area contributed by atoms with Crippen LogP contribution >= 0.6 is 0 Å². The minimum Gasteiger partial charge on any atom is -0.480 e. The molecule has 0 aromatic carbocycles. The van der Waals surface area contributed by atoms with E-state index in [1.54, 1.807) is 27.7 Å². The summed E-state index contributed by atoms with van der Waals surface area (Å²) in [6.45, 7) is 6.96. The average molecular weight is 187 g/mol. The number of carboxylic acids is 1. The van der Waals surface area contributed by atoms with Gasteiger partial charge in [0.15, 0.2) is 0 Å². The van der Waals surface area contributed by atoms with Gasteiger partial charge in [-0.15, -0.1) is 0 Å². The molecule has 0 aromatic heterocycles. The van der Waals surface area contributed by atoms with E-state index >= 15 is 0 Å². The summed E-state index contributed by atoms with van der Waals surface area (Å²) >= 11 is 0. The number of amides is 1. The van der Waals surface area contributed by atoms with Crippen molar-refractivity contribution in [3.8, 4) is 0 Å². The van der Waals surface area contributed by atoms with E-state index in [-0.39, 0.29) is 5.91 Å². The highest BCUT2D eigenvalue weighted by molar-refractivity contribution is 5.86. The Bertz CT molecular complexity index is 205. The number of carbonyl (C=O) groups excluding carboxylic acids is 1. The molecule has 0 aliphatic rings. The van der Waals surface area contributed by atoms with E-state index in [1.165, 1.54) is 0 Å². The van der Waals surface area contributed by atoms with Crippen LogP contribution in [0.3, 0.4) is 0 Å². The van der Waals surface area contributed by atoms with E-state index in [9.17, 15) is 9.59 Å². The molecule has 0 spiro atoms. The molecule has 0 bridgehead atoms. The van der Waals surface area contributed by atoms with Gasteiger partial charge in [0.05, 0.1) is 0 Å². The Morgan fingerprint density at radius 3 is 2.08 bits per heavy atom. The maximum atomic E-state index is 11.4. The van der Waals surface area contributed by atoms with Crippen LogP contribution in [0, 0.1) is 5.41 Å². The smallest absolute Gasteiger partial charge is 0.326 e. The summed E-state index contributed by atoms with van der Waals surface area (Å²) in [6, 6.07) is -0.772. The molecule has 0 rings (SSSR count). The summed E-state index contributed by atoms with van der Waals surface area (Å²) in [7, 11) is 0. The predicted octanol–water partition coefficient (Wildman–Crippen LogP) is 1.01. The molecular weight excluding hydrogens is 170 g/mol. The number of carbonyl (C=O) groups is 2. The van der Waals surface area contributed by atoms with Gasteiger partial charge in [0.25, 0.3) is 0 Å². The molecule has 0 saturated carbocycles. The third-order valence-corrected chi connectivity index (χ3v) is 1.69. The van der Waals surface area contributed by atoms with Crippen molar-refractivity contribution >= 4 is 11.9 Å². The molecule has 76 valence electrons. The first-order valence-corrected chi connectivity index (χ1v) is 4.32. The van der Waals surface area contributed by atoms with Gasteiger partial charge in [0, 0.05) is 5.41 Å². The molecule has 0 radical (unpaired) electrons. The molecule has 0 aliphatic heterocycles. The van der Waals surface area contributed by atoms with Crippen LogP contribution < -0.4 is 5.32 Å². The van der Waals surface area contributed by atoms with Gasteiger partial charge in [-0.1, -0.05) is 27.7 Å². The highest BCUT2D eigenvalue weighted by Gasteiger charge is 2.25. The third-order valence-electron chi connectivity index (χ3n) is 1.69. The standard InChI is InChI=1S/C9H17NO3/c1-5-6(7(11)12)10-8(13)9(2,3)4/h6H,5H2,1-4H3,(H,10,13)(H,11,12)/t6-/m1/s1. The summed E-state index contributed by atoms with van der Waals surface area (Å²) in [5.74, 6) is -1.22. The summed E-state index contributed by atoms with van der Waals surface area (Å²) < 4.78 is 0. The Kier molecular flexibility index (Phi) is 3.91. The van der Waals surface area contributed by atoms with Crippen molar-refractivity contribution < 1.29 is 14.7 Å². The van der Waals surface area contributed by atoms with Crippen LogP contribution in [0.25, 0.3) is 0 Å². The second-order valence-electron chi connectivity index (χ2n) is 4.02. The maximum absolute atomic E-state index is 11.4. The molecule has 13 heavy (non-hydrogen) atoms. The molecule has 0 unspecified atom stereocenters. The summed E-state index contributed by atoms with van der Waals surface area (Å²) in [4.78, 5) is 21.9. The summed E-state index contributed by atoms with van der Waals surface area (Å²) in [5, 5.41) is 11.1. The van der Waals surface area contributed by atoms with Crippen LogP contribution in [0.4, 0.5) is 0 Å². The highest BCUT2D eigenvalue weighted by Crippen LogP contribution is 2.13. The lowest BCUT2D eigenvalue weighted by molar-refractivity contribution is -0.143. The van der Waals surface area contributed by atoms with Gasteiger partial charge in [-0.05, 0) is 6.42 Å². The molecule has 4 heteroatoms. The van der Waals surface area contributed by atoms with Crippen molar-refractivity contribution in [1.82, 2.24) is 5.32 Å². The van der Waals surface area contributed by atoms with Crippen LogP contribution in [0.5, 0.6) is 0 Å². The Hall–Kier alpha value is -1.06. The first-order chi connectivity index (χ1) is 5.79. The van der Waals surface area contributed by atoms with E-state index in [0.717, 1.165) is 0 Å². The molecular formula is C9H17NO3. The van der Waals surface area contributed by atoms with Crippen LogP contribution in [-0.2, 0) is 9.59 Å². The fourth-order valence-electron chi connectivity index (χ4n) is 0.713. The van der Waals surface area contributed by atoms with E-state index < -0.39 is 17.4 Å². The number of rotatable bonds is 3. The second kappa shape index (κ2) is 4.25. The Morgan fingerprint density at radius 2 is 1.85 bits per heavy atom. The van der Waals surface area contributed by atoms with Gasteiger partial charge in [-0.2, -0.15) is 0 Å². The molecule has 0 heterocycles. The summed E-state index contributed by atoms with van der Waals surface area (Å²) in [5.41, 5.74) is -0.539. The first-order valence-electron chi connectivity index (χ1n) is 4.32. The Morgan fingerprint density at radius 1 is 1.38 bits per heavy atom. The Labute approximate surface area is 78.3 Å². The maximum Gasteiger partial charge on any atom is 0.326 e. The normalized spacial score (nSPS) is 13.5. The predicted molar refractivity (Wildman–Crippen MR) is 49.3 cm³/mol. The molecule has 0 saturated heterocycles. The van der Waals surface area contributed by atoms with Gasteiger partial charge in [0.2, 0.25) is 5.91 Å². The van der Waals surface area contributed by atoms with Gasteiger partial charge in [-0.25, -0.2) is 4.79 Å². The minimum absolute atomic E-state index is 0.234. The van der Waals surface area contributed by atoms with Gasteiger partial charge in [-0.3, -0.25) is 4.79 Å². The third kappa shape index (κ3) is 3.92. The monoisotopic (exact) mass is 187 g/mol. The van der Waals surface area contributed by atoms with Crippen LogP contribution in [0.15, 0.2) is 0 Å². The lowest BCUT2D eigenvalue weighted by Gasteiger charge is -2.20. The van der Waals surface area contributed by atoms with Gasteiger partial charge < -0.3 is 10.4 Å². The zero-order chi connectivity index (χ0) is 10.6. The Balaban J connectivity index is 4.26. The van der Waals surface area contributed by atoms with Crippen molar-refractivity contribution in [3.05, 3.63) is 0 Å². The second-order valence-corrected chi connectivity index (χ2v) is 4.02. The molecule has 1 atom stereocenters. The molecule has 2 N–H and O–H groups in total. The van der Waals surface area contributed by atoms with Crippen LogP contribution in [0.1, 0.15) is 34.1 Å². The topological polar surface area (TPSA) is 66.4 Å². The van der Waals surface area contributed by atoms with Crippen molar-refractivity contribution in [2.24, 2.45) is 5.41 Å². The van der Waals surface area contributed by atoms with Crippen molar-refractivity contribution in [2.75, 3.05) is 0 Å². The minimum atomic E-state index is -0.986. The molecule has 0 fully saturated rings. The van der Waals surface area contributed by atoms with E-state index in [1.807, 2.05) is 0 Å². The number of hydrogen-bond acceptors (Lipinski definition) is 2.